The summed E-state index contributed by atoms with van der Waals surface area (Å²) in [6.07, 6.45) is 4.51. The first-order valence-electron chi connectivity index (χ1n) is 13.8. The second kappa shape index (κ2) is 15.0. The fourth-order valence-electron chi connectivity index (χ4n) is 5.95. The second-order valence-corrected chi connectivity index (χ2v) is 10.8. The maximum Gasteiger partial charge on any atom is 1.00 e. The van der Waals surface area contributed by atoms with Gasteiger partial charge in [0.2, 0.25) is 0 Å². The van der Waals surface area contributed by atoms with Gasteiger partial charge in [-0.3, -0.25) is 9.59 Å². The quantitative estimate of drug-likeness (QED) is 0.284. The van der Waals surface area contributed by atoms with Gasteiger partial charge in [0, 0.05) is 5.56 Å². The van der Waals surface area contributed by atoms with Crippen LogP contribution in [-0.4, -0.2) is 39.9 Å². The van der Waals surface area contributed by atoms with E-state index in [-0.39, 0.29) is 52.7 Å². The van der Waals surface area contributed by atoms with Gasteiger partial charge >= 0.3 is 24.8 Å². The molecule has 3 aromatic carbocycles. The van der Waals surface area contributed by atoms with Crippen LogP contribution in [0.4, 0.5) is 5.69 Å². The first kappa shape index (κ1) is 35.3. The number of hydrogen-bond donors (Lipinski definition) is 3. The number of hydrogen-bond acceptors (Lipinski definition) is 5. The molecule has 1 fully saturated rings. The Bertz CT molecular complexity index is 1590. The zero-order chi connectivity index (χ0) is 28.4. The Balaban J connectivity index is 0.00000215. The second-order valence-electron chi connectivity index (χ2n) is 10.8. The summed E-state index contributed by atoms with van der Waals surface area (Å²) >= 11 is 0. The van der Waals surface area contributed by atoms with Crippen molar-refractivity contribution in [2.75, 3.05) is 5.32 Å². The van der Waals surface area contributed by atoms with Crippen LogP contribution in [0.15, 0.2) is 65.1 Å². The van der Waals surface area contributed by atoms with E-state index in [1.807, 2.05) is 45.0 Å². The zero-order valence-electron chi connectivity index (χ0n) is 25.0. The molecule has 9 nitrogen and oxygen atoms in total. The van der Waals surface area contributed by atoms with E-state index in [9.17, 15) is 19.5 Å². The Hall–Kier alpha value is -3.87. The van der Waals surface area contributed by atoms with Gasteiger partial charge in [-0.2, -0.15) is 0 Å². The van der Waals surface area contributed by atoms with Crippen LogP contribution in [-0.2, 0) is 4.79 Å². The van der Waals surface area contributed by atoms with E-state index < -0.39 is 23.8 Å². The summed E-state index contributed by atoms with van der Waals surface area (Å²) in [6, 6.07) is 17.5. The van der Waals surface area contributed by atoms with Crippen molar-refractivity contribution in [2.45, 2.75) is 58.9 Å². The number of carbonyl (C=O) groups excluding carboxylic acids is 2. The molecule has 6 N–H and O–H groups in total. The SMILES string of the molecule is Cc1cc(C)c(-c2ccc(C(=O)Nc3cc4ccccc4cc3C(=O)N[C@H](C(=O)O)C3CCCCC3)o2)c(C)c1.O.[Li+].[OH-]. The topological polar surface area (TPSA) is 170 Å². The Labute approximate surface area is 262 Å². The van der Waals surface area contributed by atoms with E-state index in [0.29, 0.717) is 5.76 Å². The van der Waals surface area contributed by atoms with Crippen molar-refractivity contribution in [2.24, 2.45) is 5.92 Å². The standard InChI is InChI=1S/C33H34N2O5.Li.2H2O/c1-19-15-20(2)29(21(3)16-19)27-13-14-28(40-27)32(37)34-26-18-24-12-8-7-11-23(24)17-25(26)31(36)35-30(33(38)39)22-9-5-4-6-10-22;;;/h7-8,11-18,22,30H,4-6,9-10H2,1-3H3,(H,34,37)(H,35,36)(H,38,39);;2*1H2/q;+1;;/p-1/t30-;;;/m0.../s1. The summed E-state index contributed by atoms with van der Waals surface area (Å²) in [5.41, 5.74) is 4.69. The predicted molar refractivity (Wildman–Crippen MR) is 161 cm³/mol. The van der Waals surface area contributed by atoms with Crippen LogP contribution in [0.5, 0.6) is 0 Å². The molecule has 0 aliphatic heterocycles. The van der Waals surface area contributed by atoms with Gasteiger partial charge in [0.15, 0.2) is 5.76 Å². The molecule has 1 aliphatic carbocycles. The van der Waals surface area contributed by atoms with Crippen LogP contribution in [0.1, 0.15) is 69.7 Å². The van der Waals surface area contributed by atoms with Crippen LogP contribution in [0.3, 0.4) is 0 Å². The van der Waals surface area contributed by atoms with E-state index in [1.54, 1.807) is 24.3 Å². The number of carboxylic acid groups (broad SMARTS) is 1. The van der Waals surface area contributed by atoms with Crippen LogP contribution < -0.4 is 29.5 Å². The summed E-state index contributed by atoms with van der Waals surface area (Å²) < 4.78 is 5.98. The number of aryl methyl sites for hydroxylation is 3. The molecule has 0 radical (unpaired) electrons. The third kappa shape index (κ3) is 7.75. The molecule has 4 aromatic rings. The minimum absolute atomic E-state index is 0. The number of benzene rings is 3. The van der Waals surface area contributed by atoms with Crippen molar-refractivity contribution < 1.29 is 53.7 Å². The van der Waals surface area contributed by atoms with E-state index in [2.05, 4.69) is 22.8 Å². The molecule has 0 unspecified atom stereocenters. The number of rotatable bonds is 7. The number of carbonyl (C=O) groups is 3. The number of fused-ring (bicyclic) bond motifs is 1. The van der Waals surface area contributed by atoms with Gasteiger partial charge in [-0.25, -0.2) is 4.79 Å². The van der Waals surface area contributed by atoms with Crippen molar-refractivity contribution in [3.63, 3.8) is 0 Å². The first-order chi connectivity index (χ1) is 19.2. The number of carboxylic acids is 1. The van der Waals surface area contributed by atoms with Gasteiger partial charge in [-0.1, -0.05) is 61.2 Å². The van der Waals surface area contributed by atoms with Crippen molar-refractivity contribution >= 4 is 34.2 Å². The largest absolute Gasteiger partial charge is 1.00 e. The fourth-order valence-corrected chi connectivity index (χ4v) is 5.95. The van der Waals surface area contributed by atoms with E-state index >= 15 is 0 Å². The summed E-state index contributed by atoms with van der Waals surface area (Å²) in [5.74, 6) is -1.50. The monoisotopic (exact) mass is 580 g/mol. The van der Waals surface area contributed by atoms with Crippen molar-refractivity contribution in [3.05, 3.63) is 88.7 Å². The van der Waals surface area contributed by atoms with E-state index in [4.69, 9.17) is 4.42 Å². The molecule has 1 aliphatic rings. The minimum Gasteiger partial charge on any atom is -0.870 e. The molecular formula is C33H37LiN2O7. The molecule has 0 bridgehead atoms. The van der Waals surface area contributed by atoms with E-state index in [0.717, 1.165) is 65.1 Å². The average molecular weight is 581 g/mol. The smallest absolute Gasteiger partial charge is 0.870 e. The molecule has 1 aromatic heterocycles. The normalized spacial score (nSPS) is 13.6. The Morgan fingerprint density at radius 3 is 2.07 bits per heavy atom. The van der Waals surface area contributed by atoms with Crippen molar-refractivity contribution in [1.29, 1.82) is 0 Å². The maximum atomic E-state index is 13.5. The van der Waals surface area contributed by atoms with Crippen molar-refractivity contribution in [1.82, 2.24) is 5.32 Å². The molecule has 10 heteroatoms. The van der Waals surface area contributed by atoms with Crippen LogP contribution in [0, 0.1) is 26.7 Å². The summed E-state index contributed by atoms with van der Waals surface area (Å²) in [5, 5.41) is 17.1. The molecule has 222 valence electrons. The van der Waals surface area contributed by atoms with Gasteiger partial charge in [0.1, 0.15) is 11.8 Å². The molecule has 5 rings (SSSR count). The van der Waals surface area contributed by atoms with E-state index in [1.165, 1.54) is 0 Å². The van der Waals surface area contributed by atoms with Gasteiger partial charge < -0.3 is 31.1 Å². The van der Waals surface area contributed by atoms with Gasteiger partial charge in [0.25, 0.3) is 11.8 Å². The summed E-state index contributed by atoms with van der Waals surface area (Å²) in [7, 11) is 0. The molecule has 1 saturated carbocycles. The number of anilines is 1. The Morgan fingerprint density at radius 2 is 1.47 bits per heavy atom. The molecule has 43 heavy (non-hydrogen) atoms. The summed E-state index contributed by atoms with van der Waals surface area (Å²) in [6.45, 7) is 6.06. The Kier molecular flexibility index (Phi) is 12.3. The van der Waals surface area contributed by atoms with Gasteiger partial charge in [-0.15, -0.1) is 0 Å². The van der Waals surface area contributed by atoms with Gasteiger partial charge in [0.05, 0.1) is 11.3 Å². The third-order valence-electron chi connectivity index (χ3n) is 7.81. The molecule has 1 heterocycles. The summed E-state index contributed by atoms with van der Waals surface area (Å²) in [4.78, 5) is 39.0. The van der Waals surface area contributed by atoms with Crippen molar-refractivity contribution in [3.8, 4) is 11.3 Å². The third-order valence-corrected chi connectivity index (χ3v) is 7.81. The van der Waals surface area contributed by atoms with Crippen LogP contribution >= 0.6 is 0 Å². The molecule has 0 spiro atoms. The molecular weight excluding hydrogens is 543 g/mol. The predicted octanol–water partition coefficient (Wildman–Crippen LogP) is 3.04. The average Bonchev–Trinajstić information content (AvgIpc) is 3.41. The first-order valence-corrected chi connectivity index (χ1v) is 13.8. The Morgan fingerprint density at radius 1 is 0.860 bits per heavy atom. The molecule has 1 atom stereocenters. The number of nitrogens with one attached hydrogen (secondary N) is 2. The fraction of sp³-hybridized carbons (Fsp3) is 0.303. The number of amides is 2. The van der Waals surface area contributed by atoms with Crippen LogP contribution in [0.25, 0.3) is 22.1 Å². The van der Waals surface area contributed by atoms with Gasteiger partial charge in [-0.05, 0) is 85.7 Å². The molecule has 2 amide bonds. The zero-order valence-corrected chi connectivity index (χ0v) is 25.0. The minimum atomic E-state index is -1.04. The molecule has 0 saturated heterocycles. The van der Waals surface area contributed by atoms with Crippen LogP contribution in [0.2, 0.25) is 0 Å². The number of furan rings is 1. The number of aliphatic carboxylic acids is 1. The maximum absolute atomic E-state index is 13.5.